The average Bonchev–Trinajstić information content (AvgIpc) is 2.87. The first kappa shape index (κ1) is 11.9. The van der Waals surface area contributed by atoms with Crippen LogP contribution in [0.1, 0.15) is 16.8 Å². The van der Waals surface area contributed by atoms with Gasteiger partial charge in [-0.2, -0.15) is 0 Å². The Hall–Kier alpha value is -1.55. The molecule has 0 saturated carbocycles. The van der Waals surface area contributed by atoms with Crippen molar-refractivity contribution in [1.29, 1.82) is 0 Å². The Balaban J connectivity index is 2.19. The quantitative estimate of drug-likeness (QED) is 0.443. The number of nitrogens with zero attached hydrogens (tertiary/aromatic N) is 3. The number of aliphatic hydroxyl groups excluding tert-OH is 3. The van der Waals surface area contributed by atoms with E-state index in [0.717, 1.165) is 11.0 Å². The molecule has 9 nitrogen and oxygen atoms in total. The van der Waals surface area contributed by atoms with Crippen molar-refractivity contribution in [2.24, 2.45) is 5.73 Å². The van der Waals surface area contributed by atoms with E-state index in [1.165, 1.54) is 0 Å². The molecule has 5 N–H and O–H groups in total. The summed E-state index contributed by atoms with van der Waals surface area (Å²) >= 11 is 0. The van der Waals surface area contributed by atoms with Crippen molar-refractivity contribution in [1.82, 2.24) is 14.8 Å². The highest BCUT2D eigenvalue weighted by atomic mass is 16.6. The first-order valence-corrected chi connectivity index (χ1v) is 4.88. The van der Waals surface area contributed by atoms with Gasteiger partial charge in [0.05, 0.1) is 6.61 Å². The van der Waals surface area contributed by atoms with Crippen LogP contribution >= 0.6 is 0 Å². The van der Waals surface area contributed by atoms with Gasteiger partial charge in [0.25, 0.3) is 5.91 Å². The molecule has 2 heterocycles. The van der Waals surface area contributed by atoms with Crippen LogP contribution in [-0.4, -0.2) is 60.9 Å². The van der Waals surface area contributed by atoms with Crippen LogP contribution in [0, 0.1) is 0 Å². The Morgan fingerprint density at radius 3 is 2.71 bits per heavy atom. The molecule has 3 unspecified atom stereocenters. The van der Waals surface area contributed by atoms with E-state index in [4.69, 9.17) is 15.6 Å². The molecule has 1 aliphatic rings. The minimum atomic E-state index is -1.27. The lowest BCUT2D eigenvalue weighted by Gasteiger charge is -2.13. The molecule has 1 aliphatic heterocycles. The summed E-state index contributed by atoms with van der Waals surface area (Å²) in [4.78, 5) is 14.4. The summed E-state index contributed by atoms with van der Waals surface area (Å²) < 4.78 is 6.25. The number of ether oxygens (including phenoxy) is 1. The number of aromatic nitrogens is 3. The van der Waals surface area contributed by atoms with Gasteiger partial charge in [0.15, 0.2) is 6.23 Å². The molecule has 0 aliphatic carbocycles. The number of amides is 1. The number of carbonyl (C=O) groups excluding carboxylic acids is 1. The van der Waals surface area contributed by atoms with E-state index < -0.39 is 37.1 Å². The smallest absolute Gasteiger partial charge is 0.288 e. The SMILES string of the molecule is NC(=O)c1ncn(C2OC(CO)C(O)[C@@H]2O)n1. The zero-order valence-corrected chi connectivity index (χ0v) is 8.67. The van der Waals surface area contributed by atoms with Crippen LogP contribution < -0.4 is 5.73 Å². The van der Waals surface area contributed by atoms with Crippen molar-refractivity contribution in [2.75, 3.05) is 6.61 Å². The summed E-state index contributed by atoms with van der Waals surface area (Å²) in [7, 11) is 0. The minimum absolute atomic E-state index is 0.220. The predicted molar refractivity (Wildman–Crippen MR) is 51.5 cm³/mol. The highest BCUT2D eigenvalue weighted by Gasteiger charge is 2.43. The van der Waals surface area contributed by atoms with Crippen molar-refractivity contribution in [3.05, 3.63) is 12.2 Å². The van der Waals surface area contributed by atoms with Crippen LogP contribution in [-0.2, 0) is 4.74 Å². The van der Waals surface area contributed by atoms with Gasteiger partial charge in [-0.1, -0.05) is 0 Å². The van der Waals surface area contributed by atoms with Crippen molar-refractivity contribution < 1.29 is 24.9 Å². The van der Waals surface area contributed by atoms with Crippen molar-refractivity contribution in [2.45, 2.75) is 24.5 Å². The number of nitrogens with two attached hydrogens (primary N) is 1. The molecule has 1 fully saturated rings. The highest BCUT2D eigenvalue weighted by molar-refractivity contribution is 5.88. The maximum absolute atomic E-state index is 10.8. The molecule has 9 heteroatoms. The fourth-order valence-corrected chi connectivity index (χ4v) is 1.61. The molecule has 1 saturated heterocycles. The van der Waals surface area contributed by atoms with E-state index in [-0.39, 0.29) is 5.82 Å². The van der Waals surface area contributed by atoms with Gasteiger partial charge in [-0.3, -0.25) is 4.79 Å². The van der Waals surface area contributed by atoms with Gasteiger partial charge in [-0.05, 0) is 0 Å². The van der Waals surface area contributed by atoms with E-state index >= 15 is 0 Å². The molecule has 0 radical (unpaired) electrons. The third-order valence-corrected chi connectivity index (χ3v) is 2.51. The molecule has 0 spiro atoms. The largest absolute Gasteiger partial charge is 0.394 e. The Labute approximate surface area is 95.4 Å². The second kappa shape index (κ2) is 4.37. The molecule has 0 aromatic carbocycles. The van der Waals surface area contributed by atoms with E-state index in [1.54, 1.807) is 0 Å². The molecule has 17 heavy (non-hydrogen) atoms. The molecule has 1 aromatic rings. The lowest BCUT2D eigenvalue weighted by Crippen LogP contribution is -2.33. The van der Waals surface area contributed by atoms with Gasteiger partial charge < -0.3 is 25.8 Å². The average molecular weight is 244 g/mol. The second-order valence-electron chi connectivity index (χ2n) is 3.64. The molecule has 1 aromatic heterocycles. The summed E-state index contributed by atoms with van der Waals surface area (Å²) in [5, 5.41) is 31.8. The minimum Gasteiger partial charge on any atom is -0.394 e. The molecule has 4 atom stereocenters. The Morgan fingerprint density at radius 1 is 1.53 bits per heavy atom. The predicted octanol–water partition coefficient (Wildman–Crippen LogP) is -3.01. The standard InChI is InChI=1S/C8H12N4O5/c9-6(16)7-10-2-12(11-7)8-5(15)4(14)3(1-13)17-8/h2-5,8,13-15H,1H2,(H2,9,16)/t3?,4?,5-,8?/m0/s1. The maximum Gasteiger partial charge on any atom is 0.288 e. The fourth-order valence-electron chi connectivity index (χ4n) is 1.61. The fraction of sp³-hybridized carbons (Fsp3) is 0.625. The molecule has 94 valence electrons. The molecule has 1 amide bonds. The van der Waals surface area contributed by atoms with Crippen molar-refractivity contribution in [3.63, 3.8) is 0 Å². The zero-order chi connectivity index (χ0) is 12.6. The van der Waals surface area contributed by atoms with E-state index in [0.29, 0.717) is 0 Å². The second-order valence-corrected chi connectivity index (χ2v) is 3.64. The first-order valence-electron chi connectivity index (χ1n) is 4.88. The van der Waals surface area contributed by atoms with Crippen LogP contribution in [0.4, 0.5) is 0 Å². The summed E-state index contributed by atoms with van der Waals surface area (Å²) in [5.41, 5.74) is 4.97. The highest BCUT2D eigenvalue weighted by Crippen LogP contribution is 2.28. The number of rotatable bonds is 3. The van der Waals surface area contributed by atoms with Crippen molar-refractivity contribution >= 4 is 5.91 Å². The Bertz CT molecular complexity index is 422. The zero-order valence-electron chi connectivity index (χ0n) is 8.67. The third-order valence-electron chi connectivity index (χ3n) is 2.51. The first-order chi connectivity index (χ1) is 8.04. The molecule has 0 bridgehead atoms. The number of carbonyl (C=O) groups is 1. The van der Waals surface area contributed by atoms with Gasteiger partial charge in [0, 0.05) is 0 Å². The van der Waals surface area contributed by atoms with Crippen LogP contribution in [0.15, 0.2) is 6.33 Å². The lowest BCUT2D eigenvalue weighted by molar-refractivity contribution is -0.0588. The number of primary amides is 1. The monoisotopic (exact) mass is 244 g/mol. The summed E-state index contributed by atoms with van der Waals surface area (Å²) in [6, 6.07) is 0. The van der Waals surface area contributed by atoms with Gasteiger partial charge in [-0.25, -0.2) is 9.67 Å². The van der Waals surface area contributed by atoms with Gasteiger partial charge >= 0.3 is 0 Å². The summed E-state index contributed by atoms with van der Waals surface area (Å²) in [6.45, 7) is -0.438. The molecular weight excluding hydrogens is 232 g/mol. The normalized spacial score (nSPS) is 32.9. The summed E-state index contributed by atoms with van der Waals surface area (Å²) in [6.07, 6.45) is -3.26. The third kappa shape index (κ3) is 2.00. The Kier molecular flexibility index (Phi) is 3.07. The van der Waals surface area contributed by atoms with E-state index in [1.807, 2.05) is 0 Å². The maximum atomic E-state index is 10.8. The molecule has 2 rings (SSSR count). The topological polar surface area (TPSA) is 144 Å². The summed E-state index contributed by atoms with van der Waals surface area (Å²) in [5.74, 6) is -1.03. The lowest BCUT2D eigenvalue weighted by atomic mass is 10.1. The van der Waals surface area contributed by atoms with Crippen LogP contribution in [0.3, 0.4) is 0 Å². The van der Waals surface area contributed by atoms with E-state index in [9.17, 15) is 15.0 Å². The van der Waals surface area contributed by atoms with Gasteiger partial charge in [-0.15, -0.1) is 5.10 Å². The molecular formula is C8H12N4O5. The van der Waals surface area contributed by atoms with Gasteiger partial charge in [0.2, 0.25) is 5.82 Å². The van der Waals surface area contributed by atoms with E-state index in [2.05, 4.69) is 10.1 Å². The number of aliphatic hydroxyl groups is 3. The Morgan fingerprint density at radius 2 is 2.24 bits per heavy atom. The number of hydrogen-bond donors (Lipinski definition) is 4. The van der Waals surface area contributed by atoms with Crippen LogP contribution in [0.25, 0.3) is 0 Å². The van der Waals surface area contributed by atoms with Crippen LogP contribution in [0.2, 0.25) is 0 Å². The van der Waals surface area contributed by atoms with Gasteiger partial charge in [0.1, 0.15) is 24.6 Å². The number of hydrogen-bond acceptors (Lipinski definition) is 7. The van der Waals surface area contributed by atoms with Crippen molar-refractivity contribution in [3.8, 4) is 0 Å². The van der Waals surface area contributed by atoms with Crippen LogP contribution in [0.5, 0.6) is 0 Å².